The van der Waals surface area contributed by atoms with E-state index in [2.05, 4.69) is 4.98 Å². The molecule has 0 radical (unpaired) electrons. The van der Waals surface area contributed by atoms with Crippen LogP contribution < -0.4 is 10.6 Å². The van der Waals surface area contributed by atoms with E-state index < -0.39 is 0 Å². The number of nitrogens with zero attached hydrogens (tertiary/aromatic N) is 2. The van der Waals surface area contributed by atoms with Crippen LogP contribution in [0.1, 0.15) is 22.6 Å². The quantitative estimate of drug-likeness (QED) is 0.651. The molecule has 0 aliphatic carbocycles. The van der Waals surface area contributed by atoms with Gasteiger partial charge >= 0.3 is 0 Å². The summed E-state index contributed by atoms with van der Waals surface area (Å²) in [6.07, 6.45) is 2.36. The second-order valence-electron chi connectivity index (χ2n) is 5.41. The van der Waals surface area contributed by atoms with E-state index in [0.29, 0.717) is 17.3 Å². The summed E-state index contributed by atoms with van der Waals surface area (Å²) in [6, 6.07) is 7.43. The summed E-state index contributed by atoms with van der Waals surface area (Å²) in [5.74, 6) is -0.174. The third-order valence-electron chi connectivity index (χ3n) is 4.02. The fourth-order valence-electron chi connectivity index (χ4n) is 2.86. The van der Waals surface area contributed by atoms with Crippen molar-refractivity contribution >= 4 is 28.9 Å². The van der Waals surface area contributed by atoms with Crippen molar-refractivity contribution < 1.29 is 4.79 Å². The van der Waals surface area contributed by atoms with E-state index in [1.807, 2.05) is 25.1 Å². The van der Waals surface area contributed by atoms with Gasteiger partial charge in [-0.15, -0.1) is 0 Å². The molecule has 1 aromatic carbocycles. The van der Waals surface area contributed by atoms with Crippen LogP contribution in [-0.4, -0.2) is 17.9 Å². The van der Waals surface area contributed by atoms with Gasteiger partial charge in [-0.05, 0) is 48.2 Å². The highest BCUT2D eigenvalue weighted by Crippen LogP contribution is 2.36. The van der Waals surface area contributed by atoms with Crippen LogP contribution in [0.5, 0.6) is 0 Å². The van der Waals surface area contributed by atoms with Gasteiger partial charge in [0.25, 0.3) is 0 Å². The maximum atomic E-state index is 12.7. The zero-order chi connectivity index (χ0) is 15.1. The summed E-state index contributed by atoms with van der Waals surface area (Å²) in [5.41, 5.74) is 10.4. The Kier molecular flexibility index (Phi) is 3.33. The summed E-state index contributed by atoms with van der Waals surface area (Å²) in [7, 11) is 1.77. The molecule has 4 nitrogen and oxygen atoms in total. The number of hydrogen-bond acceptors (Lipinski definition) is 3. The first kappa shape index (κ1) is 13.9. The number of nitrogen functional groups attached to an aromatic ring is 1. The second kappa shape index (κ2) is 5.04. The minimum absolute atomic E-state index is 0.0541. The molecule has 2 aromatic rings. The molecule has 0 bridgehead atoms. The number of nitrogens with two attached hydrogens (primary N) is 1. The highest BCUT2D eigenvalue weighted by molar-refractivity contribution is 6.29. The number of amides is 1. The predicted octanol–water partition coefficient (Wildman–Crippen LogP) is 2.93. The second-order valence-corrected chi connectivity index (χ2v) is 5.79. The van der Waals surface area contributed by atoms with Crippen LogP contribution in [0, 0.1) is 6.92 Å². The van der Waals surface area contributed by atoms with Gasteiger partial charge in [0.1, 0.15) is 5.15 Å². The third kappa shape index (κ3) is 2.36. The van der Waals surface area contributed by atoms with Gasteiger partial charge in [-0.1, -0.05) is 17.7 Å². The van der Waals surface area contributed by atoms with Gasteiger partial charge in [0.2, 0.25) is 5.91 Å². The number of benzene rings is 1. The highest BCUT2D eigenvalue weighted by atomic mass is 35.5. The molecule has 2 N–H and O–H groups in total. The molecule has 1 atom stereocenters. The molecule has 0 saturated heterocycles. The topological polar surface area (TPSA) is 59.2 Å². The average Bonchev–Trinajstić information content (AvgIpc) is 2.46. The Balaban J connectivity index is 2.08. The van der Waals surface area contributed by atoms with E-state index in [1.54, 1.807) is 24.2 Å². The number of rotatable bonds is 1. The maximum Gasteiger partial charge on any atom is 0.234 e. The number of halogens is 1. The van der Waals surface area contributed by atoms with Crippen LogP contribution in [-0.2, 0) is 11.2 Å². The SMILES string of the molecule is Cc1ccc(N)cc1C1Cc2cnc(Cl)cc2N(C)C1=O. The number of hydrogen-bond donors (Lipinski definition) is 1. The zero-order valence-electron chi connectivity index (χ0n) is 11.9. The van der Waals surface area contributed by atoms with Crippen molar-refractivity contribution in [3.8, 4) is 0 Å². The molecule has 1 amide bonds. The van der Waals surface area contributed by atoms with Crippen molar-refractivity contribution in [1.29, 1.82) is 0 Å². The van der Waals surface area contributed by atoms with Crippen LogP contribution in [0.15, 0.2) is 30.5 Å². The van der Waals surface area contributed by atoms with Crippen LogP contribution in [0.2, 0.25) is 5.15 Å². The average molecular weight is 302 g/mol. The standard InChI is InChI=1S/C16H16ClN3O/c1-9-3-4-11(18)6-12(9)13-5-10-8-19-15(17)7-14(10)20(2)16(13)21/h3-4,6-8,13H,5,18H2,1-2H3. The molecule has 108 valence electrons. The van der Waals surface area contributed by atoms with E-state index in [9.17, 15) is 4.79 Å². The Hall–Kier alpha value is -2.07. The summed E-state index contributed by atoms with van der Waals surface area (Å²) >= 11 is 5.92. The van der Waals surface area contributed by atoms with Crippen molar-refractivity contribution in [3.63, 3.8) is 0 Å². The molecular formula is C16H16ClN3O. The van der Waals surface area contributed by atoms with Crippen LogP contribution in [0.4, 0.5) is 11.4 Å². The number of anilines is 2. The third-order valence-corrected chi connectivity index (χ3v) is 4.23. The first-order valence-corrected chi connectivity index (χ1v) is 7.13. The van der Waals surface area contributed by atoms with Gasteiger partial charge in [-0.3, -0.25) is 4.79 Å². The van der Waals surface area contributed by atoms with Crippen molar-refractivity contribution in [2.24, 2.45) is 0 Å². The number of carbonyl (C=O) groups excluding carboxylic acids is 1. The van der Waals surface area contributed by atoms with E-state index in [0.717, 1.165) is 22.4 Å². The van der Waals surface area contributed by atoms with E-state index >= 15 is 0 Å². The lowest BCUT2D eigenvalue weighted by molar-refractivity contribution is -0.120. The molecule has 5 heteroatoms. The smallest absolute Gasteiger partial charge is 0.234 e. The summed E-state index contributed by atoms with van der Waals surface area (Å²) in [5, 5.41) is 0.395. The molecule has 2 heterocycles. The molecule has 21 heavy (non-hydrogen) atoms. The summed E-state index contributed by atoms with van der Waals surface area (Å²) < 4.78 is 0. The minimum Gasteiger partial charge on any atom is -0.399 e. The lowest BCUT2D eigenvalue weighted by atomic mass is 9.85. The van der Waals surface area contributed by atoms with Gasteiger partial charge in [0, 0.05) is 18.9 Å². The Morgan fingerprint density at radius 3 is 2.90 bits per heavy atom. The molecule has 1 aliphatic rings. The fraction of sp³-hybridized carbons (Fsp3) is 0.250. The monoisotopic (exact) mass is 301 g/mol. The molecule has 3 rings (SSSR count). The lowest BCUT2D eigenvalue weighted by Gasteiger charge is -2.32. The minimum atomic E-state index is -0.228. The summed E-state index contributed by atoms with van der Waals surface area (Å²) in [6.45, 7) is 2.00. The zero-order valence-corrected chi connectivity index (χ0v) is 12.7. The first-order valence-electron chi connectivity index (χ1n) is 6.75. The van der Waals surface area contributed by atoms with E-state index in [4.69, 9.17) is 17.3 Å². The van der Waals surface area contributed by atoms with Crippen molar-refractivity contribution in [2.45, 2.75) is 19.3 Å². The molecule has 1 unspecified atom stereocenters. The number of aromatic nitrogens is 1. The largest absolute Gasteiger partial charge is 0.399 e. The number of aryl methyl sites for hydroxylation is 1. The van der Waals surface area contributed by atoms with Crippen molar-refractivity contribution in [3.05, 3.63) is 52.3 Å². The molecule has 0 fully saturated rings. The Bertz CT molecular complexity index is 729. The van der Waals surface area contributed by atoms with Gasteiger partial charge in [-0.2, -0.15) is 0 Å². The van der Waals surface area contributed by atoms with Crippen LogP contribution in [0.25, 0.3) is 0 Å². The van der Waals surface area contributed by atoms with E-state index in [-0.39, 0.29) is 11.8 Å². The Morgan fingerprint density at radius 2 is 2.14 bits per heavy atom. The Labute approximate surface area is 128 Å². The number of carbonyl (C=O) groups is 1. The van der Waals surface area contributed by atoms with Gasteiger partial charge in [0.15, 0.2) is 0 Å². The number of fused-ring (bicyclic) bond motifs is 1. The molecule has 0 spiro atoms. The number of likely N-dealkylation sites (N-methyl/N-ethyl adjacent to an activating group) is 1. The van der Waals surface area contributed by atoms with Crippen molar-refractivity contribution in [1.82, 2.24) is 4.98 Å². The lowest BCUT2D eigenvalue weighted by Crippen LogP contribution is -2.37. The molecule has 1 aromatic heterocycles. The molecular weight excluding hydrogens is 286 g/mol. The van der Waals surface area contributed by atoms with Crippen molar-refractivity contribution in [2.75, 3.05) is 17.7 Å². The Morgan fingerprint density at radius 1 is 1.38 bits per heavy atom. The predicted molar refractivity (Wildman–Crippen MR) is 84.7 cm³/mol. The van der Waals surface area contributed by atoms with Crippen LogP contribution >= 0.6 is 11.6 Å². The number of pyridine rings is 1. The highest BCUT2D eigenvalue weighted by Gasteiger charge is 2.33. The fourth-order valence-corrected chi connectivity index (χ4v) is 3.01. The van der Waals surface area contributed by atoms with Crippen LogP contribution in [0.3, 0.4) is 0 Å². The molecule has 1 aliphatic heterocycles. The summed E-state index contributed by atoms with van der Waals surface area (Å²) in [4.78, 5) is 18.5. The molecule has 0 saturated carbocycles. The maximum absolute atomic E-state index is 12.7. The van der Waals surface area contributed by atoms with Gasteiger partial charge < -0.3 is 10.6 Å². The van der Waals surface area contributed by atoms with Gasteiger partial charge in [0.05, 0.1) is 11.6 Å². The van der Waals surface area contributed by atoms with E-state index in [1.165, 1.54) is 0 Å². The van der Waals surface area contributed by atoms with Gasteiger partial charge in [-0.25, -0.2) is 4.98 Å². The first-order chi connectivity index (χ1) is 9.97. The normalized spacial score (nSPS) is 17.8.